The molecule has 4 aromatic rings. The number of aromatic nitrogens is 1. The number of hydrogen-bond donors (Lipinski definition) is 1. The number of carbonyl (C=O) groups is 3. The third-order valence-corrected chi connectivity index (χ3v) is 7.64. The summed E-state index contributed by atoms with van der Waals surface area (Å²) in [6.45, 7) is 0.997. The number of carbonyl (C=O) groups excluding carboxylic acids is 3. The van der Waals surface area contributed by atoms with Crippen LogP contribution in [0.1, 0.15) is 22.7 Å². The second-order valence-electron chi connectivity index (χ2n) is 10.1. The first-order chi connectivity index (χ1) is 19.5. The highest BCUT2D eigenvalue weighted by Gasteiger charge is 2.52. The fourth-order valence-corrected chi connectivity index (χ4v) is 5.61. The van der Waals surface area contributed by atoms with Gasteiger partial charge in [-0.25, -0.2) is 4.79 Å². The van der Waals surface area contributed by atoms with Gasteiger partial charge in [-0.3, -0.25) is 19.6 Å². The molecule has 3 aromatic carbocycles. The summed E-state index contributed by atoms with van der Waals surface area (Å²) in [6, 6.07) is 27.7. The number of piperazine rings is 1. The fourth-order valence-electron chi connectivity index (χ4n) is 5.61. The predicted octanol–water partition coefficient (Wildman–Crippen LogP) is 3.55. The van der Waals surface area contributed by atoms with Gasteiger partial charge in [0.05, 0.1) is 18.6 Å². The zero-order chi connectivity index (χ0) is 27.6. The Morgan fingerprint density at radius 3 is 2.48 bits per heavy atom. The molecule has 1 N–H and O–H groups in total. The second-order valence-corrected chi connectivity index (χ2v) is 10.1. The summed E-state index contributed by atoms with van der Waals surface area (Å²) >= 11 is 0. The van der Waals surface area contributed by atoms with Crippen molar-refractivity contribution in [3.05, 3.63) is 114 Å². The van der Waals surface area contributed by atoms with Crippen LogP contribution in [0.25, 0.3) is 10.9 Å². The van der Waals surface area contributed by atoms with Crippen molar-refractivity contribution in [1.29, 1.82) is 0 Å². The Morgan fingerprint density at radius 1 is 0.950 bits per heavy atom. The Labute approximate surface area is 232 Å². The van der Waals surface area contributed by atoms with E-state index in [4.69, 9.17) is 0 Å². The molecule has 9 heteroatoms. The number of pyridine rings is 1. The maximum atomic E-state index is 14.0. The quantitative estimate of drug-likeness (QED) is 0.409. The molecule has 0 aliphatic carbocycles. The number of fused-ring (bicyclic) bond motifs is 2. The number of benzene rings is 3. The molecule has 4 amide bonds. The van der Waals surface area contributed by atoms with Crippen molar-refractivity contribution >= 4 is 28.7 Å². The zero-order valence-corrected chi connectivity index (χ0v) is 22.2. The van der Waals surface area contributed by atoms with Gasteiger partial charge in [0, 0.05) is 31.7 Å². The summed E-state index contributed by atoms with van der Waals surface area (Å²) in [6.07, 6.45) is 1.25. The molecule has 0 spiro atoms. The summed E-state index contributed by atoms with van der Waals surface area (Å²) < 4.78 is 0. The fraction of sp³-hybridized carbons (Fsp3) is 0.226. The molecular weight excluding hydrogens is 504 g/mol. The zero-order valence-electron chi connectivity index (χ0n) is 22.2. The predicted molar refractivity (Wildman–Crippen MR) is 150 cm³/mol. The van der Waals surface area contributed by atoms with Crippen LogP contribution < -0.4 is 5.32 Å². The average molecular weight is 535 g/mol. The number of nitrogens with zero attached hydrogens (tertiary/aromatic N) is 5. The third kappa shape index (κ3) is 4.76. The lowest BCUT2D eigenvalue weighted by Crippen LogP contribution is -2.62. The van der Waals surface area contributed by atoms with Gasteiger partial charge in [-0.05, 0) is 28.8 Å². The third-order valence-electron chi connectivity index (χ3n) is 7.64. The van der Waals surface area contributed by atoms with Crippen LogP contribution in [-0.2, 0) is 22.7 Å². The van der Waals surface area contributed by atoms with E-state index in [-0.39, 0.29) is 30.9 Å². The van der Waals surface area contributed by atoms with E-state index in [0.717, 1.165) is 27.6 Å². The summed E-state index contributed by atoms with van der Waals surface area (Å²) in [5.41, 5.74) is 3.56. The van der Waals surface area contributed by atoms with Crippen molar-refractivity contribution in [2.75, 3.05) is 20.1 Å². The van der Waals surface area contributed by atoms with Crippen LogP contribution in [-0.4, -0.2) is 69.0 Å². The number of urea groups is 1. The summed E-state index contributed by atoms with van der Waals surface area (Å²) in [7, 11) is 1.66. The van der Waals surface area contributed by atoms with Crippen LogP contribution in [0.15, 0.2) is 97.2 Å². The van der Waals surface area contributed by atoms with E-state index < -0.39 is 12.2 Å². The van der Waals surface area contributed by atoms with Gasteiger partial charge in [0.2, 0.25) is 5.91 Å². The first-order valence-corrected chi connectivity index (χ1v) is 13.3. The largest absolute Gasteiger partial charge is 0.333 e. The molecule has 40 heavy (non-hydrogen) atoms. The standard InChI is InChI=1S/C31H30N6O3/c1-34(31(40)33-18-22-10-4-2-5-11-22)36-21-28(38)37-27(36)20-35(30(39)29(37)23-12-6-3-7-13-23)19-24-14-8-16-26-25(24)15-9-17-32-26/h2-17,27,29H,18-21H2,1H3,(H,33,40)/t27-,29+/m1/s1. The van der Waals surface area contributed by atoms with Crippen molar-refractivity contribution in [2.45, 2.75) is 25.3 Å². The van der Waals surface area contributed by atoms with Crippen LogP contribution in [0.4, 0.5) is 4.79 Å². The molecular formula is C31H30N6O3. The summed E-state index contributed by atoms with van der Waals surface area (Å²) in [4.78, 5) is 48.5. The Balaban J connectivity index is 1.30. The Bertz CT molecular complexity index is 1540. The molecule has 0 radical (unpaired) electrons. The van der Waals surface area contributed by atoms with E-state index in [1.807, 2.05) is 91.0 Å². The molecule has 0 unspecified atom stereocenters. The van der Waals surface area contributed by atoms with Crippen molar-refractivity contribution in [2.24, 2.45) is 0 Å². The number of hydrazine groups is 1. The van der Waals surface area contributed by atoms with Gasteiger partial charge >= 0.3 is 6.03 Å². The van der Waals surface area contributed by atoms with Gasteiger partial charge in [-0.1, -0.05) is 78.9 Å². The highest BCUT2D eigenvalue weighted by molar-refractivity contribution is 5.92. The second kappa shape index (κ2) is 10.8. The van der Waals surface area contributed by atoms with Crippen LogP contribution in [0.5, 0.6) is 0 Å². The van der Waals surface area contributed by atoms with E-state index in [2.05, 4.69) is 10.3 Å². The van der Waals surface area contributed by atoms with Crippen LogP contribution in [0, 0.1) is 0 Å². The molecule has 0 saturated carbocycles. The van der Waals surface area contributed by atoms with Crippen molar-refractivity contribution in [3.63, 3.8) is 0 Å². The molecule has 2 aliphatic rings. The lowest BCUT2D eigenvalue weighted by atomic mass is 9.99. The van der Waals surface area contributed by atoms with Crippen molar-refractivity contribution in [1.82, 2.24) is 30.1 Å². The van der Waals surface area contributed by atoms with E-state index in [1.165, 1.54) is 5.01 Å². The van der Waals surface area contributed by atoms with Crippen LogP contribution in [0.3, 0.4) is 0 Å². The lowest BCUT2D eigenvalue weighted by molar-refractivity contribution is -0.157. The molecule has 1 aromatic heterocycles. The first-order valence-electron chi connectivity index (χ1n) is 13.3. The smallest absolute Gasteiger partial charge is 0.332 e. The molecule has 2 atom stereocenters. The number of hydrogen-bond acceptors (Lipinski definition) is 5. The van der Waals surface area contributed by atoms with Crippen LogP contribution in [0.2, 0.25) is 0 Å². The normalized spacial score (nSPS) is 19.1. The van der Waals surface area contributed by atoms with Crippen molar-refractivity contribution in [3.8, 4) is 0 Å². The van der Waals surface area contributed by atoms with E-state index in [9.17, 15) is 14.4 Å². The molecule has 0 bridgehead atoms. The number of rotatable bonds is 6. The summed E-state index contributed by atoms with van der Waals surface area (Å²) in [5.74, 6) is -0.335. The van der Waals surface area contributed by atoms with Gasteiger partial charge in [0.15, 0.2) is 0 Å². The molecule has 3 heterocycles. The van der Waals surface area contributed by atoms with E-state index in [0.29, 0.717) is 13.1 Å². The maximum Gasteiger partial charge on any atom is 0.332 e. The number of nitrogens with one attached hydrogen (secondary N) is 1. The van der Waals surface area contributed by atoms with E-state index >= 15 is 0 Å². The van der Waals surface area contributed by atoms with E-state index in [1.54, 1.807) is 28.1 Å². The highest BCUT2D eigenvalue weighted by atomic mass is 16.2. The first kappa shape index (κ1) is 25.5. The van der Waals surface area contributed by atoms with Gasteiger partial charge in [0.25, 0.3) is 5.91 Å². The summed E-state index contributed by atoms with van der Waals surface area (Å²) in [5, 5.41) is 7.13. The van der Waals surface area contributed by atoms with Gasteiger partial charge in [0.1, 0.15) is 12.2 Å². The minimum Gasteiger partial charge on any atom is -0.333 e. The molecule has 2 aliphatic heterocycles. The van der Waals surface area contributed by atoms with Gasteiger partial charge < -0.3 is 15.1 Å². The Kier molecular flexibility index (Phi) is 6.88. The minimum atomic E-state index is -0.786. The Morgan fingerprint density at radius 2 is 1.70 bits per heavy atom. The van der Waals surface area contributed by atoms with Gasteiger partial charge in [-0.2, -0.15) is 5.01 Å². The Hall–Kier alpha value is -4.76. The van der Waals surface area contributed by atoms with Crippen molar-refractivity contribution < 1.29 is 14.4 Å². The lowest BCUT2D eigenvalue weighted by Gasteiger charge is -2.45. The average Bonchev–Trinajstić information content (AvgIpc) is 3.32. The van der Waals surface area contributed by atoms with Gasteiger partial charge in [-0.15, -0.1) is 0 Å². The minimum absolute atomic E-state index is 0.00254. The molecule has 2 fully saturated rings. The van der Waals surface area contributed by atoms with Crippen LogP contribution >= 0.6 is 0 Å². The monoisotopic (exact) mass is 534 g/mol. The molecule has 202 valence electrons. The highest BCUT2D eigenvalue weighted by Crippen LogP contribution is 2.36. The molecule has 6 rings (SSSR count). The SMILES string of the molecule is CN(C(=O)NCc1ccccc1)N1CC(=O)N2[C@@H](c3ccccc3)C(=O)N(Cc3cccc4ncccc34)C[C@@H]21. The topological polar surface area (TPSA) is 89.1 Å². The maximum absolute atomic E-state index is 14.0. The molecule has 9 nitrogen and oxygen atoms in total. The molecule has 2 saturated heterocycles. The number of amides is 4.